The van der Waals surface area contributed by atoms with E-state index in [1.165, 1.54) is 25.7 Å². The summed E-state index contributed by atoms with van der Waals surface area (Å²) in [6, 6.07) is 8.05. The molecule has 0 spiro atoms. The molecule has 92 valence electrons. The largest absolute Gasteiger partial charge is 0.373 e. The van der Waals surface area contributed by atoms with Gasteiger partial charge in [-0.15, -0.1) is 0 Å². The molecule has 0 fully saturated rings. The molecule has 1 aliphatic carbocycles. The summed E-state index contributed by atoms with van der Waals surface area (Å²) in [6.45, 7) is 1.07. The van der Waals surface area contributed by atoms with Crippen molar-refractivity contribution in [2.24, 2.45) is 5.92 Å². The summed E-state index contributed by atoms with van der Waals surface area (Å²) in [5.74, 6) is 0.758. The summed E-state index contributed by atoms with van der Waals surface area (Å²) in [4.78, 5) is 2.25. The van der Waals surface area contributed by atoms with Crippen LogP contribution in [-0.2, 0) is 0 Å². The van der Waals surface area contributed by atoms with Gasteiger partial charge in [0.2, 0.25) is 0 Å². The van der Waals surface area contributed by atoms with Crippen LogP contribution in [0.5, 0.6) is 0 Å². The van der Waals surface area contributed by atoms with Crippen LogP contribution in [0, 0.1) is 5.92 Å². The number of hydrogen-bond acceptors (Lipinski definition) is 1. The third-order valence-electron chi connectivity index (χ3n) is 3.45. The third kappa shape index (κ3) is 3.50. The zero-order chi connectivity index (χ0) is 12.1. The van der Waals surface area contributed by atoms with Crippen LogP contribution in [0.25, 0.3) is 0 Å². The van der Waals surface area contributed by atoms with Crippen LogP contribution in [0.4, 0.5) is 5.69 Å². The topological polar surface area (TPSA) is 3.24 Å². The SMILES string of the molecule is CN(CCC1C=CCCC1)c1ccccc1Cl. The molecular weight excluding hydrogens is 230 g/mol. The van der Waals surface area contributed by atoms with Gasteiger partial charge in [0.25, 0.3) is 0 Å². The lowest BCUT2D eigenvalue weighted by Gasteiger charge is -2.23. The molecule has 0 N–H and O–H groups in total. The molecule has 1 aromatic carbocycles. The maximum absolute atomic E-state index is 6.18. The van der Waals surface area contributed by atoms with E-state index in [2.05, 4.69) is 30.2 Å². The van der Waals surface area contributed by atoms with E-state index in [-0.39, 0.29) is 0 Å². The highest BCUT2D eigenvalue weighted by Crippen LogP contribution is 2.26. The summed E-state index contributed by atoms with van der Waals surface area (Å²) in [5, 5.41) is 0.842. The molecule has 0 aromatic heterocycles. The standard InChI is InChI=1S/C15H20ClN/c1-17(15-10-6-5-9-14(15)16)12-11-13-7-3-2-4-8-13/h3,5-7,9-10,13H,2,4,8,11-12H2,1H3. The van der Waals surface area contributed by atoms with E-state index in [1.54, 1.807) is 0 Å². The number of benzene rings is 1. The fourth-order valence-electron chi connectivity index (χ4n) is 2.36. The Labute approximate surface area is 109 Å². The molecule has 1 aliphatic rings. The monoisotopic (exact) mass is 249 g/mol. The Kier molecular flexibility index (Phi) is 4.49. The molecule has 0 saturated carbocycles. The van der Waals surface area contributed by atoms with Crippen LogP contribution in [0.1, 0.15) is 25.7 Å². The fraction of sp³-hybridized carbons (Fsp3) is 0.467. The maximum atomic E-state index is 6.18. The van der Waals surface area contributed by atoms with Crippen LogP contribution in [-0.4, -0.2) is 13.6 Å². The smallest absolute Gasteiger partial charge is 0.0639 e. The molecule has 0 heterocycles. The molecule has 0 saturated heterocycles. The Bertz CT molecular complexity index is 386. The van der Waals surface area contributed by atoms with E-state index in [9.17, 15) is 0 Å². The van der Waals surface area contributed by atoms with Crippen molar-refractivity contribution in [3.63, 3.8) is 0 Å². The molecule has 0 aliphatic heterocycles. The average Bonchev–Trinajstić information content (AvgIpc) is 2.38. The Morgan fingerprint density at radius 2 is 2.18 bits per heavy atom. The number of hydrogen-bond donors (Lipinski definition) is 0. The normalized spacial score (nSPS) is 19.3. The van der Waals surface area contributed by atoms with E-state index in [0.29, 0.717) is 0 Å². The van der Waals surface area contributed by atoms with E-state index in [4.69, 9.17) is 11.6 Å². The first-order valence-electron chi connectivity index (χ1n) is 6.39. The molecule has 1 nitrogen and oxygen atoms in total. The van der Waals surface area contributed by atoms with Gasteiger partial charge in [-0.2, -0.15) is 0 Å². The summed E-state index contributed by atoms with van der Waals surface area (Å²) in [7, 11) is 2.12. The quantitative estimate of drug-likeness (QED) is 0.709. The van der Waals surface area contributed by atoms with Crippen molar-refractivity contribution >= 4 is 17.3 Å². The second-order valence-corrected chi connectivity index (χ2v) is 5.19. The van der Waals surface area contributed by atoms with Crippen molar-refractivity contribution in [1.29, 1.82) is 0 Å². The van der Waals surface area contributed by atoms with Gasteiger partial charge >= 0.3 is 0 Å². The first kappa shape index (κ1) is 12.5. The lowest BCUT2D eigenvalue weighted by Crippen LogP contribution is -2.21. The number of anilines is 1. The molecule has 0 radical (unpaired) electrons. The Morgan fingerprint density at radius 1 is 1.35 bits per heavy atom. The van der Waals surface area contributed by atoms with E-state index in [0.717, 1.165) is 23.2 Å². The lowest BCUT2D eigenvalue weighted by atomic mass is 9.93. The van der Waals surface area contributed by atoms with E-state index < -0.39 is 0 Å². The zero-order valence-electron chi connectivity index (χ0n) is 10.4. The minimum atomic E-state index is 0.758. The van der Waals surface area contributed by atoms with Crippen molar-refractivity contribution < 1.29 is 0 Å². The van der Waals surface area contributed by atoms with Gasteiger partial charge in [0.1, 0.15) is 0 Å². The second kappa shape index (κ2) is 6.11. The molecule has 0 amide bonds. The molecule has 2 rings (SSSR count). The Morgan fingerprint density at radius 3 is 2.88 bits per heavy atom. The first-order valence-corrected chi connectivity index (χ1v) is 6.77. The Balaban J connectivity index is 1.89. The number of allylic oxidation sites excluding steroid dienone is 2. The molecule has 1 atom stereocenters. The molecule has 1 unspecified atom stereocenters. The van der Waals surface area contributed by atoms with Crippen LogP contribution in [0.3, 0.4) is 0 Å². The summed E-state index contributed by atoms with van der Waals surface area (Å²) in [5.41, 5.74) is 1.13. The molecular formula is C15H20ClN. The first-order chi connectivity index (χ1) is 8.27. The van der Waals surface area contributed by atoms with E-state index >= 15 is 0 Å². The van der Waals surface area contributed by atoms with Gasteiger partial charge in [0, 0.05) is 13.6 Å². The van der Waals surface area contributed by atoms with Crippen LogP contribution < -0.4 is 4.90 Å². The molecule has 1 aromatic rings. The Hall–Kier alpha value is -0.950. The van der Waals surface area contributed by atoms with Gasteiger partial charge < -0.3 is 4.90 Å². The molecule has 2 heteroatoms. The average molecular weight is 250 g/mol. The second-order valence-electron chi connectivity index (χ2n) is 4.78. The lowest BCUT2D eigenvalue weighted by molar-refractivity contribution is 0.507. The molecule has 17 heavy (non-hydrogen) atoms. The third-order valence-corrected chi connectivity index (χ3v) is 3.77. The maximum Gasteiger partial charge on any atom is 0.0639 e. The number of para-hydroxylation sites is 1. The van der Waals surface area contributed by atoms with E-state index in [1.807, 2.05) is 18.2 Å². The summed E-state index contributed by atoms with van der Waals surface area (Å²) >= 11 is 6.18. The summed E-state index contributed by atoms with van der Waals surface area (Å²) < 4.78 is 0. The molecule has 0 bridgehead atoms. The zero-order valence-corrected chi connectivity index (χ0v) is 11.2. The fourth-order valence-corrected chi connectivity index (χ4v) is 2.64. The highest BCUT2D eigenvalue weighted by Gasteiger charge is 2.11. The van der Waals surface area contributed by atoms with Crippen molar-refractivity contribution in [2.45, 2.75) is 25.7 Å². The van der Waals surface area contributed by atoms with Gasteiger partial charge in [-0.1, -0.05) is 35.9 Å². The van der Waals surface area contributed by atoms with Crippen LogP contribution in [0.15, 0.2) is 36.4 Å². The predicted octanol–water partition coefficient (Wildman–Crippen LogP) is 4.52. The van der Waals surface area contributed by atoms with Crippen molar-refractivity contribution in [3.8, 4) is 0 Å². The predicted molar refractivity (Wildman–Crippen MR) is 75.8 cm³/mol. The highest BCUT2D eigenvalue weighted by atomic mass is 35.5. The van der Waals surface area contributed by atoms with Gasteiger partial charge in [-0.3, -0.25) is 0 Å². The number of halogens is 1. The van der Waals surface area contributed by atoms with Gasteiger partial charge in [-0.25, -0.2) is 0 Å². The number of rotatable bonds is 4. The summed E-state index contributed by atoms with van der Waals surface area (Å²) in [6.07, 6.45) is 9.87. The minimum absolute atomic E-state index is 0.758. The minimum Gasteiger partial charge on any atom is -0.373 e. The van der Waals surface area contributed by atoms with Gasteiger partial charge in [-0.05, 0) is 43.7 Å². The highest BCUT2D eigenvalue weighted by molar-refractivity contribution is 6.33. The van der Waals surface area contributed by atoms with Crippen molar-refractivity contribution in [1.82, 2.24) is 0 Å². The van der Waals surface area contributed by atoms with Gasteiger partial charge in [0.15, 0.2) is 0 Å². The number of nitrogens with zero attached hydrogens (tertiary/aromatic N) is 1. The van der Waals surface area contributed by atoms with Gasteiger partial charge in [0.05, 0.1) is 10.7 Å². The van der Waals surface area contributed by atoms with Crippen LogP contribution >= 0.6 is 11.6 Å². The van der Waals surface area contributed by atoms with Crippen molar-refractivity contribution in [2.75, 3.05) is 18.5 Å². The van der Waals surface area contributed by atoms with Crippen molar-refractivity contribution in [3.05, 3.63) is 41.4 Å². The van der Waals surface area contributed by atoms with Crippen LogP contribution in [0.2, 0.25) is 5.02 Å².